The lowest BCUT2D eigenvalue weighted by Crippen LogP contribution is -3.15. The highest BCUT2D eigenvalue weighted by Crippen LogP contribution is 2.38. The summed E-state index contributed by atoms with van der Waals surface area (Å²) in [4.78, 5) is 4.18. The molecule has 152 valence electrons. The van der Waals surface area contributed by atoms with E-state index >= 15 is 0 Å². The highest BCUT2D eigenvalue weighted by molar-refractivity contribution is 5.54. The van der Waals surface area contributed by atoms with E-state index in [0.717, 1.165) is 44.1 Å². The van der Waals surface area contributed by atoms with Crippen molar-refractivity contribution in [3.63, 3.8) is 0 Å². The number of methoxy groups -OCH3 is 3. The molecule has 1 saturated heterocycles. The van der Waals surface area contributed by atoms with Gasteiger partial charge < -0.3 is 24.0 Å². The summed E-state index contributed by atoms with van der Waals surface area (Å²) in [6.45, 7) is 8.99. The molecule has 1 aliphatic heterocycles. The number of quaternary nitrogens is 1. The number of piperazine rings is 1. The van der Waals surface area contributed by atoms with Crippen molar-refractivity contribution in [2.75, 3.05) is 52.4 Å². The number of aryl methyl sites for hydroxylation is 1. The summed E-state index contributed by atoms with van der Waals surface area (Å²) in [5.74, 6) is 2.11. The minimum Gasteiger partial charge on any atom is -0.493 e. The van der Waals surface area contributed by atoms with Crippen LogP contribution in [0.2, 0.25) is 0 Å². The number of hydrogen-bond acceptors (Lipinski definition) is 4. The number of benzene rings is 2. The molecule has 0 aliphatic carbocycles. The maximum atomic E-state index is 5.48. The summed E-state index contributed by atoms with van der Waals surface area (Å²) < 4.78 is 16.4. The van der Waals surface area contributed by atoms with E-state index in [1.807, 2.05) is 0 Å². The number of nitrogens with one attached hydrogen (secondary N) is 1. The lowest BCUT2D eigenvalue weighted by molar-refractivity contribution is -0.902. The fraction of sp³-hybridized carbons (Fsp3) is 0.478. The van der Waals surface area contributed by atoms with Gasteiger partial charge in [-0.15, -0.1) is 0 Å². The first kappa shape index (κ1) is 20.3. The van der Waals surface area contributed by atoms with Gasteiger partial charge in [0, 0.05) is 12.1 Å². The van der Waals surface area contributed by atoms with Gasteiger partial charge in [0.25, 0.3) is 0 Å². The lowest BCUT2D eigenvalue weighted by Gasteiger charge is -2.39. The van der Waals surface area contributed by atoms with E-state index in [0.29, 0.717) is 11.8 Å². The Bertz CT molecular complexity index is 768. The number of anilines is 1. The van der Waals surface area contributed by atoms with Gasteiger partial charge in [0.05, 0.1) is 53.6 Å². The van der Waals surface area contributed by atoms with Crippen molar-refractivity contribution in [3.8, 4) is 17.2 Å². The standard InChI is InChI=1S/C23H32N2O3/c1-17-7-6-8-20(13-17)25-12-11-24(16-18(25)2)10-9-19-14-21(26-3)23(28-5)22(15-19)27-4/h6-8,13-15,18H,9-12,16H2,1-5H3/p+1. The molecule has 5 heteroatoms. The fourth-order valence-electron chi connectivity index (χ4n) is 4.15. The highest BCUT2D eigenvalue weighted by Gasteiger charge is 2.26. The Morgan fingerprint density at radius 3 is 2.32 bits per heavy atom. The van der Waals surface area contributed by atoms with Crippen molar-refractivity contribution in [3.05, 3.63) is 47.5 Å². The Morgan fingerprint density at radius 1 is 1.04 bits per heavy atom. The maximum Gasteiger partial charge on any atom is 0.203 e. The third-order valence-corrected chi connectivity index (χ3v) is 5.65. The highest BCUT2D eigenvalue weighted by atomic mass is 16.5. The Balaban J connectivity index is 1.62. The van der Waals surface area contributed by atoms with Gasteiger partial charge in [-0.25, -0.2) is 0 Å². The Kier molecular flexibility index (Phi) is 6.68. The van der Waals surface area contributed by atoms with Gasteiger partial charge >= 0.3 is 0 Å². The van der Waals surface area contributed by atoms with Gasteiger partial charge in [-0.05, 0) is 49.2 Å². The molecule has 1 heterocycles. The monoisotopic (exact) mass is 385 g/mol. The smallest absolute Gasteiger partial charge is 0.203 e. The van der Waals surface area contributed by atoms with Crippen molar-refractivity contribution in [1.29, 1.82) is 0 Å². The molecule has 0 saturated carbocycles. The van der Waals surface area contributed by atoms with E-state index in [1.165, 1.54) is 16.8 Å². The quantitative estimate of drug-likeness (QED) is 0.794. The van der Waals surface area contributed by atoms with Gasteiger partial charge in [-0.2, -0.15) is 0 Å². The van der Waals surface area contributed by atoms with Gasteiger partial charge in [0.15, 0.2) is 11.5 Å². The van der Waals surface area contributed by atoms with E-state index in [-0.39, 0.29) is 0 Å². The van der Waals surface area contributed by atoms with Gasteiger partial charge in [-0.3, -0.25) is 0 Å². The van der Waals surface area contributed by atoms with Crippen LogP contribution in [0, 0.1) is 6.92 Å². The zero-order valence-corrected chi connectivity index (χ0v) is 17.7. The minimum atomic E-state index is 0.533. The molecule has 5 nitrogen and oxygen atoms in total. The lowest BCUT2D eigenvalue weighted by atomic mass is 10.1. The zero-order chi connectivity index (χ0) is 20.1. The first-order chi connectivity index (χ1) is 13.5. The molecule has 1 N–H and O–H groups in total. The molecule has 2 aromatic rings. The summed E-state index contributed by atoms with van der Waals surface area (Å²) in [5.41, 5.74) is 3.88. The van der Waals surface area contributed by atoms with Crippen LogP contribution in [0.25, 0.3) is 0 Å². The fourth-order valence-corrected chi connectivity index (χ4v) is 4.15. The minimum absolute atomic E-state index is 0.533. The molecule has 1 fully saturated rings. The predicted octanol–water partition coefficient (Wildman–Crippen LogP) is 2.36. The number of hydrogen-bond donors (Lipinski definition) is 1. The van der Waals surface area contributed by atoms with E-state index in [4.69, 9.17) is 14.2 Å². The van der Waals surface area contributed by atoms with Crippen LogP contribution in [0.4, 0.5) is 5.69 Å². The summed E-state index contributed by atoms with van der Waals surface area (Å²) in [6.07, 6.45) is 0.989. The third kappa shape index (κ3) is 4.53. The third-order valence-electron chi connectivity index (χ3n) is 5.65. The van der Waals surface area contributed by atoms with Crippen LogP contribution in [0.15, 0.2) is 36.4 Å². The molecule has 2 atom stereocenters. The second-order valence-electron chi connectivity index (χ2n) is 7.62. The molecule has 1 aliphatic rings. The van der Waals surface area contributed by atoms with Crippen molar-refractivity contribution >= 4 is 5.69 Å². The van der Waals surface area contributed by atoms with Crippen molar-refractivity contribution in [2.45, 2.75) is 26.3 Å². The molecule has 0 aromatic heterocycles. The second kappa shape index (κ2) is 9.20. The summed E-state index contributed by atoms with van der Waals surface area (Å²) in [5, 5.41) is 0. The summed E-state index contributed by atoms with van der Waals surface area (Å²) in [6, 6.07) is 13.5. The first-order valence-corrected chi connectivity index (χ1v) is 10.0. The van der Waals surface area contributed by atoms with Crippen LogP contribution in [-0.2, 0) is 6.42 Å². The molecule has 0 bridgehead atoms. The van der Waals surface area contributed by atoms with E-state index < -0.39 is 0 Å². The molecule has 2 unspecified atom stereocenters. The van der Waals surface area contributed by atoms with Crippen LogP contribution in [0.1, 0.15) is 18.1 Å². The average Bonchev–Trinajstić information content (AvgIpc) is 2.71. The topological polar surface area (TPSA) is 35.4 Å². The van der Waals surface area contributed by atoms with Crippen molar-refractivity contribution < 1.29 is 19.1 Å². The molecule has 2 aromatic carbocycles. The van der Waals surface area contributed by atoms with Gasteiger partial charge in [-0.1, -0.05) is 12.1 Å². The van der Waals surface area contributed by atoms with Crippen molar-refractivity contribution in [2.24, 2.45) is 0 Å². The molecule has 0 radical (unpaired) electrons. The number of nitrogens with zero attached hydrogens (tertiary/aromatic N) is 1. The van der Waals surface area contributed by atoms with E-state index in [1.54, 1.807) is 26.2 Å². The molecular weight excluding hydrogens is 352 g/mol. The van der Waals surface area contributed by atoms with Crippen LogP contribution in [0.5, 0.6) is 17.2 Å². The maximum absolute atomic E-state index is 5.48. The zero-order valence-electron chi connectivity index (χ0n) is 17.7. The summed E-state index contributed by atoms with van der Waals surface area (Å²) >= 11 is 0. The predicted molar refractivity (Wildman–Crippen MR) is 113 cm³/mol. The number of rotatable bonds is 7. The molecule has 0 spiro atoms. The Labute approximate surface area is 168 Å². The van der Waals surface area contributed by atoms with Crippen LogP contribution < -0.4 is 24.0 Å². The largest absolute Gasteiger partial charge is 0.493 e. The molecular formula is C23H33N2O3+. The second-order valence-corrected chi connectivity index (χ2v) is 7.62. The molecule has 0 amide bonds. The molecule has 3 rings (SSSR count). The molecule has 28 heavy (non-hydrogen) atoms. The van der Waals surface area contributed by atoms with E-state index in [2.05, 4.69) is 55.1 Å². The van der Waals surface area contributed by atoms with Gasteiger partial charge in [0.2, 0.25) is 5.75 Å². The Hall–Kier alpha value is -2.40. The summed E-state index contributed by atoms with van der Waals surface area (Å²) in [7, 11) is 4.97. The normalized spacial score (nSPS) is 19.4. The average molecular weight is 386 g/mol. The Morgan fingerprint density at radius 2 is 1.75 bits per heavy atom. The van der Waals surface area contributed by atoms with Crippen molar-refractivity contribution in [1.82, 2.24) is 0 Å². The SMILES string of the molecule is COc1cc(CC[NH+]2CCN(c3cccc(C)c3)C(C)C2)cc(OC)c1OC. The number of ether oxygens (including phenoxy) is 3. The van der Waals surface area contributed by atoms with Crippen LogP contribution >= 0.6 is 0 Å². The van der Waals surface area contributed by atoms with Crippen LogP contribution in [0.3, 0.4) is 0 Å². The van der Waals surface area contributed by atoms with Gasteiger partial charge in [0.1, 0.15) is 0 Å². The van der Waals surface area contributed by atoms with Crippen LogP contribution in [-0.4, -0.2) is 53.6 Å². The first-order valence-electron chi connectivity index (χ1n) is 10.0. The van der Waals surface area contributed by atoms with E-state index in [9.17, 15) is 0 Å².